The van der Waals surface area contributed by atoms with Crippen LogP contribution in [0.4, 0.5) is 0 Å². The Morgan fingerprint density at radius 1 is 0.338 bits per heavy atom. The average Bonchev–Trinajstić information content (AvgIpc) is 3.37. The van der Waals surface area contributed by atoms with Crippen LogP contribution in [0.2, 0.25) is 0 Å². The standard InChI is InChI=1S/C67H131NO3/c1-3-5-7-9-11-13-15-17-19-21-23-25-27-28-29-30-31-32-33-34-35-36-37-38-39-40-41-43-45-47-49-51-53-55-57-59-61-63-67(71)68-65(64-69)66(70)62-60-58-56-54-52-50-48-46-44-42-26-24-22-20-18-16-14-12-10-8-6-4-2/h15,17,21,23,65-66,69-70H,3-14,16,18-20,22,24-64H2,1-2H3,(H,68,71)/b17-15-,23-21-. The van der Waals surface area contributed by atoms with Gasteiger partial charge >= 0.3 is 0 Å². The van der Waals surface area contributed by atoms with E-state index in [-0.39, 0.29) is 12.5 Å². The van der Waals surface area contributed by atoms with Gasteiger partial charge in [-0.25, -0.2) is 0 Å². The lowest BCUT2D eigenvalue weighted by atomic mass is 10.0. The molecular formula is C67H131NO3. The molecule has 0 aliphatic carbocycles. The van der Waals surface area contributed by atoms with Crippen molar-refractivity contribution < 1.29 is 15.0 Å². The molecule has 71 heavy (non-hydrogen) atoms. The van der Waals surface area contributed by atoms with Crippen LogP contribution in [0.25, 0.3) is 0 Å². The summed E-state index contributed by atoms with van der Waals surface area (Å²) >= 11 is 0. The van der Waals surface area contributed by atoms with E-state index in [4.69, 9.17) is 0 Å². The lowest BCUT2D eigenvalue weighted by Crippen LogP contribution is -2.45. The van der Waals surface area contributed by atoms with Gasteiger partial charge in [0.2, 0.25) is 5.91 Å². The molecule has 0 aliphatic heterocycles. The normalized spacial score (nSPS) is 12.8. The average molecular weight is 999 g/mol. The van der Waals surface area contributed by atoms with Crippen molar-refractivity contribution in [1.29, 1.82) is 0 Å². The molecule has 0 heterocycles. The SMILES string of the molecule is CCCCCCC/C=C\C/C=C\CCCCCCCCCCCCCCCCCCCCCCCCCCCC(=O)NC(CO)C(O)CCCCCCCCCCCCCCCCCCCCCCCC. The first-order chi connectivity index (χ1) is 35.2. The second-order valence-electron chi connectivity index (χ2n) is 22.9. The van der Waals surface area contributed by atoms with E-state index >= 15 is 0 Å². The Bertz CT molecular complexity index is 1040. The van der Waals surface area contributed by atoms with Crippen LogP contribution in [-0.2, 0) is 4.79 Å². The predicted octanol–water partition coefficient (Wildman–Crippen LogP) is 22.2. The summed E-state index contributed by atoms with van der Waals surface area (Å²) in [6.07, 6.45) is 85.0. The topological polar surface area (TPSA) is 69.6 Å². The van der Waals surface area contributed by atoms with Crippen LogP contribution >= 0.6 is 0 Å². The number of aliphatic hydroxyl groups excluding tert-OH is 2. The summed E-state index contributed by atoms with van der Waals surface area (Å²) in [5, 5.41) is 23.4. The molecule has 422 valence electrons. The molecule has 0 aromatic rings. The molecule has 0 fully saturated rings. The second kappa shape index (κ2) is 63.2. The molecule has 0 aromatic carbocycles. The summed E-state index contributed by atoms with van der Waals surface area (Å²) in [7, 11) is 0. The molecule has 0 rings (SSSR count). The minimum Gasteiger partial charge on any atom is -0.394 e. The number of allylic oxidation sites excluding steroid dienone is 4. The number of hydrogen-bond acceptors (Lipinski definition) is 3. The Labute approximate surface area is 447 Å². The number of carbonyl (C=O) groups is 1. The number of unbranched alkanes of at least 4 members (excludes halogenated alkanes) is 51. The summed E-state index contributed by atoms with van der Waals surface area (Å²) in [6.45, 7) is 4.39. The maximum atomic E-state index is 12.5. The van der Waals surface area contributed by atoms with Crippen LogP contribution in [0.15, 0.2) is 24.3 Å². The molecule has 0 aromatic heterocycles. The van der Waals surface area contributed by atoms with Crippen LogP contribution in [0.1, 0.15) is 380 Å². The lowest BCUT2D eigenvalue weighted by molar-refractivity contribution is -0.123. The third-order valence-electron chi connectivity index (χ3n) is 15.7. The quantitative estimate of drug-likeness (QED) is 0.0420. The third kappa shape index (κ3) is 59.6. The van der Waals surface area contributed by atoms with Crippen molar-refractivity contribution in [3.05, 3.63) is 24.3 Å². The Balaban J connectivity index is 3.37. The first-order valence-electron chi connectivity index (χ1n) is 33.0. The highest BCUT2D eigenvalue weighted by Crippen LogP contribution is 2.19. The summed E-state index contributed by atoms with van der Waals surface area (Å²) in [6, 6.07) is -0.534. The van der Waals surface area contributed by atoms with Gasteiger partial charge in [-0.05, 0) is 44.9 Å². The Kier molecular flexibility index (Phi) is 62.2. The molecule has 3 N–H and O–H groups in total. The minimum absolute atomic E-state index is 0.0220. The zero-order valence-corrected chi connectivity index (χ0v) is 48.8. The van der Waals surface area contributed by atoms with Crippen LogP contribution in [-0.4, -0.2) is 34.9 Å². The lowest BCUT2D eigenvalue weighted by Gasteiger charge is -2.22. The second-order valence-corrected chi connectivity index (χ2v) is 22.9. The van der Waals surface area contributed by atoms with Crippen molar-refractivity contribution >= 4 is 5.91 Å². The number of amides is 1. The molecular weight excluding hydrogens is 867 g/mol. The maximum Gasteiger partial charge on any atom is 0.220 e. The van der Waals surface area contributed by atoms with E-state index in [0.29, 0.717) is 12.8 Å². The van der Waals surface area contributed by atoms with Gasteiger partial charge in [0.25, 0.3) is 0 Å². The fourth-order valence-electron chi connectivity index (χ4n) is 10.7. The van der Waals surface area contributed by atoms with Gasteiger partial charge in [0.1, 0.15) is 0 Å². The molecule has 0 spiro atoms. The third-order valence-corrected chi connectivity index (χ3v) is 15.7. The van der Waals surface area contributed by atoms with Crippen molar-refractivity contribution in [1.82, 2.24) is 5.32 Å². The smallest absolute Gasteiger partial charge is 0.220 e. The molecule has 4 nitrogen and oxygen atoms in total. The molecule has 0 bridgehead atoms. The van der Waals surface area contributed by atoms with Crippen molar-refractivity contribution in [2.24, 2.45) is 0 Å². The zero-order valence-electron chi connectivity index (χ0n) is 48.8. The van der Waals surface area contributed by atoms with Gasteiger partial charge in [0.05, 0.1) is 18.8 Å². The van der Waals surface area contributed by atoms with E-state index in [1.807, 2.05) is 0 Å². The van der Waals surface area contributed by atoms with E-state index < -0.39 is 12.1 Å². The molecule has 0 saturated carbocycles. The van der Waals surface area contributed by atoms with Crippen LogP contribution in [0.3, 0.4) is 0 Å². The van der Waals surface area contributed by atoms with Gasteiger partial charge in [-0.1, -0.05) is 353 Å². The first kappa shape index (κ1) is 69.9. The molecule has 2 unspecified atom stereocenters. The monoisotopic (exact) mass is 998 g/mol. The molecule has 4 heteroatoms. The highest BCUT2D eigenvalue weighted by atomic mass is 16.3. The number of rotatable bonds is 62. The fraction of sp³-hybridized carbons (Fsp3) is 0.925. The van der Waals surface area contributed by atoms with Crippen molar-refractivity contribution in [3.63, 3.8) is 0 Å². The Hall–Kier alpha value is -1.13. The van der Waals surface area contributed by atoms with Gasteiger partial charge in [-0.3, -0.25) is 4.79 Å². The van der Waals surface area contributed by atoms with E-state index in [9.17, 15) is 15.0 Å². The van der Waals surface area contributed by atoms with Gasteiger partial charge in [-0.15, -0.1) is 0 Å². The van der Waals surface area contributed by atoms with Crippen molar-refractivity contribution in [3.8, 4) is 0 Å². The summed E-state index contributed by atoms with van der Waals surface area (Å²) in [4.78, 5) is 12.5. The van der Waals surface area contributed by atoms with Crippen LogP contribution in [0.5, 0.6) is 0 Å². The molecule has 1 amide bonds. The highest BCUT2D eigenvalue weighted by molar-refractivity contribution is 5.76. The van der Waals surface area contributed by atoms with Crippen molar-refractivity contribution in [2.75, 3.05) is 6.61 Å². The highest BCUT2D eigenvalue weighted by Gasteiger charge is 2.20. The van der Waals surface area contributed by atoms with Gasteiger partial charge < -0.3 is 15.5 Å². The minimum atomic E-state index is -0.657. The molecule has 0 aliphatic rings. The summed E-state index contributed by atoms with van der Waals surface area (Å²) < 4.78 is 0. The Morgan fingerprint density at radius 2 is 0.577 bits per heavy atom. The summed E-state index contributed by atoms with van der Waals surface area (Å²) in [5.74, 6) is -0.0220. The number of aliphatic hydroxyl groups is 2. The van der Waals surface area contributed by atoms with E-state index in [1.54, 1.807) is 0 Å². The maximum absolute atomic E-state index is 12.5. The first-order valence-corrected chi connectivity index (χ1v) is 33.0. The Morgan fingerprint density at radius 3 is 0.845 bits per heavy atom. The molecule has 0 radical (unpaired) electrons. The van der Waals surface area contributed by atoms with E-state index in [2.05, 4.69) is 43.5 Å². The zero-order chi connectivity index (χ0) is 51.3. The van der Waals surface area contributed by atoms with Crippen LogP contribution in [0, 0.1) is 0 Å². The fourth-order valence-corrected chi connectivity index (χ4v) is 10.7. The van der Waals surface area contributed by atoms with Gasteiger partial charge in [0, 0.05) is 6.42 Å². The van der Waals surface area contributed by atoms with Gasteiger partial charge in [-0.2, -0.15) is 0 Å². The molecule has 2 atom stereocenters. The number of nitrogens with one attached hydrogen (secondary N) is 1. The predicted molar refractivity (Wildman–Crippen MR) is 318 cm³/mol. The van der Waals surface area contributed by atoms with E-state index in [0.717, 1.165) is 32.1 Å². The molecule has 0 saturated heterocycles. The van der Waals surface area contributed by atoms with Gasteiger partial charge in [0.15, 0.2) is 0 Å². The van der Waals surface area contributed by atoms with E-state index in [1.165, 1.54) is 321 Å². The van der Waals surface area contributed by atoms with Crippen LogP contribution < -0.4 is 5.32 Å². The number of hydrogen-bond donors (Lipinski definition) is 3. The summed E-state index contributed by atoms with van der Waals surface area (Å²) in [5.41, 5.74) is 0. The largest absolute Gasteiger partial charge is 0.394 e. The number of carbonyl (C=O) groups excluding carboxylic acids is 1. The van der Waals surface area contributed by atoms with Crippen molar-refractivity contribution in [2.45, 2.75) is 392 Å².